The van der Waals surface area contributed by atoms with Gasteiger partial charge in [-0.2, -0.15) is 5.10 Å². The third-order valence-electron chi connectivity index (χ3n) is 6.15. The molecule has 0 aliphatic rings. The van der Waals surface area contributed by atoms with E-state index in [4.69, 9.17) is 9.97 Å². The number of allylic oxidation sites excluding steroid dienone is 1. The zero-order chi connectivity index (χ0) is 25.4. The second-order valence-electron chi connectivity index (χ2n) is 9.48. The summed E-state index contributed by atoms with van der Waals surface area (Å²) in [4.78, 5) is 21.8. The minimum Gasteiger partial charge on any atom is -0.358 e. The Morgan fingerprint density at radius 3 is 2.62 bits per heavy atom. The standard InChI is InChI=1S/C29H26N8/c1-17(2)13-18(3)32-21-14-20(15-31-16-21)23-7-8-25-27(33-23)28(37-36-25)29-34-24-6-4-5-22(26(24)35-29)19-9-11-30-12-10-19/h4-12,14-17,32H,3,13H2,1-2H3,(H,34,35)(H,36,37). The summed E-state index contributed by atoms with van der Waals surface area (Å²) >= 11 is 0. The van der Waals surface area contributed by atoms with Crippen molar-refractivity contribution in [2.75, 3.05) is 5.32 Å². The van der Waals surface area contributed by atoms with E-state index in [-0.39, 0.29) is 0 Å². The van der Waals surface area contributed by atoms with Crippen LogP contribution in [0.5, 0.6) is 0 Å². The second-order valence-corrected chi connectivity index (χ2v) is 9.48. The Bertz CT molecular complexity index is 1730. The summed E-state index contributed by atoms with van der Waals surface area (Å²) in [5.41, 5.74) is 9.70. The highest BCUT2D eigenvalue weighted by molar-refractivity contribution is 5.96. The van der Waals surface area contributed by atoms with Crippen LogP contribution in [0.2, 0.25) is 0 Å². The smallest absolute Gasteiger partial charge is 0.161 e. The number of anilines is 1. The average Bonchev–Trinajstić information content (AvgIpc) is 3.52. The van der Waals surface area contributed by atoms with E-state index in [0.29, 0.717) is 17.4 Å². The highest BCUT2D eigenvalue weighted by Gasteiger charge is 2.17. The van der Waals surface area contributed by atoms with Crippen molar-refractivity contribution in [1.29, 1.82) is 0 Å². The van der Waals surface area contributed by atoms with E-state index >= 15 is 0 Å². The second kappa shape index (κ2) is 9.31. The van der Waals surface area contributed by atoms with Crippen LogP contribution in [0.15, 0.2) is 85.6 Å². The van der Waals surface area contributed by atoms with Gasteiger partial charge in [0.2, 0.25) is 0 Å². The fourth-order valence-corrected chi connectivity index (χ4v) is 4.53. The number of fused-ring (bicyclic) bond motifs is 2. The van der Waals surface area contributed by atoms with Gasteiger partial charge in [0, 0.05) is 35.4 Å². The van der Waals surface area contributed by atoms with Crippen LogP contribution in [0, 0.1) is 5.92 Å². The number of aromatic amines is 2. The zero-order valence-electron chi connectivity index (χ0n) is 20.7. The molecular formula is C29H26N8. The van der Waals surface area contributed by atoms with E-state index in [2.05, 4.69) is 57.0 Å². The summed E-state index contributed by atoms with van der Waals surface area (Å²) in [7, 11) is 0. The number of aromatic nitrogens is 7. The number of nitrogens with zero attached hydrogens (tertiary/aromatic N) is 5. The third kappa shape index (κ3) is 4.45. The topological polar surface area (TPSA) is 108 Å². The number of pyridine rings is 3. The molecule has 1 aromatic carbocycles. The first-order chi connectivity index (χ1) is 18.0. The van der Waals surface area contributed by atoms with Crippen LogP contribution in [0.25, 0.3) is 56.0 Å². The van der Waals surface area contributed by atoms with E-state index in [0.717, 1.165) is 62.3 Å². The summed E-state index contributed by atoms with van der Waals surface area (Å²) in [6.45, 7) is 8.48. The van der Waals surface area contributed by atoms with Gasteiger partial charge in [-0.25, -0.2) is 9.97 Å². The molecule has 8 nitrogen and oxygen atoms in total. The first kappa shape index (κ1) is 22.6. The normalized spacial score (nSPS) is 11.4. The Morgan fingerprint density at radius 1 is 0.919 bits per heavy atom. The highest BCUT2D eigenvalue weighted by atomic mass is 15.1. The molecule has 5 heterocycles. The molecule has 6 rings (SSSR count). The molecule has 0 radical (unpaired) electrons. The van der Waals surface area contributed by atoms with Gasteiger partial charge in [0.15, 0.2) is 11.5 Å². The Hall–Kier alpha value is -4.85. The minimum absolute atomic E-state index is 0.527. The van der Waals surface area contributed by atoms with Crippen molar-refractivity contribution in [2.45, 2.75) is 20.3 Å². The molecule has 8 heteroatoms. The number of hydrogen-bond acceptors (Lipinski definition) is 6. The van der Waals surface area contributed by atoms with Crippen LogP contribution in [-0.2, 0) is 0 Å². The van der Waals surface area contributed by atoms with Gasteiger partial charge in [-0.3, -0.25) is 15.1 Å². The third-order valence-corrected chi connectivity index (χ3v) is 6.15. The van der Waals surface area contributed by atoms with Crippen molar-refractivity contribution in [1.82, 2.24) is 35.1 Å². The lowest BCUT2D eigenvalue weighted by Gasteiger charge is -2.12. The van der Waals surface area contributed by atoms with Gasteiger partial charge in [-0.05, 0) is 54.3 Å². The van der Waals surface area contributed by atoms with Gasteiger partial charge >= 0.3 is 0 Å². The number of H-pyrrole nitrogens is 2. The molecule has 6 aromatic rings. The lowest BCUT2D eigenvalue weighted by molar-refractivity contribution is 0.645. The molecule has 0 aliphatic heterocycles. The molecule has 182 valence electrons. The number of rotatable bonds is 7. The SMILES string of the molecule is C=C(CC(C)C)Nc1cncc(-c2ccc3[nH]nc(-c4nc5c(-c6ccncc6)cccc5[nH]4)c3n2)c1. The van der Waals surface area contributed by atoms with Crippen molar-refractivity contribution in [2.24, 2.45) is 5.92 Å². The molecular weight excluding hydrogens is 460 g/mol. The maximum absolute atomic E-state index is 4.95. The summed E-state index contributed by atoms with van der Waals surface area (Å²) in [6, 6.07) is 16.0. The van der Waals surface area contributed by atoms with Crippen LogP contribution >= 0.6 is 0 Å². The van der Waals surface area contributed by atoms with Gasteiger partial charge in [0.05, 0.1) is 34.1 Å². The molecule has 3 N–H and O–H groups in total. The molecule has 0 fully saturated rings. The average molecular weight is 487 g/mol. The summed E-state index contributed by atoms with van der Waals surface area (Å²) < 4.78 is 0. The van der Waals surface area contributed by atoms with Crippen LogP contribution < -0.4 is 5.32 Å². The van der Waals surface area contributed by atoms with Crippen molar-refractivity contribution in [3.05, 3.63) is 85.6 Å². The van der Waals surface area contributed by atoms with Crippen molar-refractivity contribution >= 4 is 27.8 Å². The van der Waals surface area contributed by atoms with Crippen LogP contribution in [-0.4, -0.2) is 35.1 Å². The van der Waals surface area contributed by atoms with Crippen LogP contribution in [0.4, 0.5) is 5.69 Å². The number of hydrogen-bond donors (Lipinski definition) is 3. The minimum atomic E-state index is 0.527. The van der Waals surface area contributed by atoms with E-state index in [1.54, 1.807) is 18.6 Å². The summed E-state index contributed by atoms with van der Waals surface area (Å²) in [5.74, 6) is 1.18. The van der Waals surface area contributed by atoms with Gasteiger partial charge in [0.1, 0.15) is 5.52 Å². The molecule has 37 heavy (non-hydrogen) atoms. The van der Waals surface area contributed by atoms with Gasteiger partial charge < -0.3 is 10.3 Å². The maximum atomic E-state index is 4.95. The Labute approximate surface area is 214 Å². The Balaban J connectivity index is 1.38. The van der Waals surface area contributed by atoms with E-state index in [1.165, 1.54) is 0 Å². The first-order valence-electron chi connectivity index (χ1n) is 12.2. The molecule has 0 spiro atoms. The fourth-order valence-electron chi connectivity index (χ4n) is 4.53. The molecule has 0 aliphatic carbocycles. The predicted molar refractivity (Wildman–Crippen MR) is 148 cm³/mol. The molecule has 0 amide bonds. The molecule has 0 saturated heterocycles. The van der Waals surface area contributed by atoms with Gasteiger partial charge in [-0.1, -0.05) is 32.6 Å². The number of imidazole rings is 1. The molecule has 0 unspecified atom stereocenters. The van der Waals surface area contributed by atoms with Crippen molar-refractivity contribution in [3.8, 4) is 33.9 Å². The number of benzene rings is 1. The van der Waals surface area contributed by atoms with Crippen LogP contribution in [0.3, 0.4) is 0 Å². The molecule has 0 bridgehead atoms. The largest absolute Gasteiger partial charge is 0.358 e. The lowest BCUT2D eigenvalue weighted by atomic mass is 10.1. The number of para-hydroxylation sites is 1. The summed E-state index contributed by atoms with van der Waals surface area (Å²) in [5, 5.41) is 11.0. The lowest BCUT2D eigenvalue weighted by Crippen LogP contribution is -2.02. The summed E-state index contributed by atoms with van der Waals surface area (Å²) in [6.07, 6.45) is 8.08. The first-order valence-corrected chi connectivity index (χ1v) is 12.2. The highest BCUT2D eigenvalue weighted by Crippen LogP contribution is 2.32. The fraction of sp³-hybridized carbons (Fsp3) is 0.138. The monoisotopic (exact) mass is 486 g/mol. The maximum Gasteiger partial charge on any atom is 0.161 e. The van der Waals surface area contributed by atoms with Crippen LogP contribution in [0.1, 0.15) is 20.3 Å². The quantitative estimate of drug-likeness (QED) is 0.235. The zero-order valence-corrected chi connectivity index (χ0v) is 20.7. The predicted octanol–water partition coefficient (Wildman–Crippen LogP) is 6.60. The van der Waals surface area contributed by atoms with E-state index in [9.17, 15) is 0 Å². The number of nitrogens with one attached hydrogen (secondary N) is 3. The Morgan fingerprint density at radius 2 is 1.78 bits per heavy atom. The van der Waals surface area contributed by atoms with Crippen molar-refractivity contribution < 1.29 is 0 Å². The molecule has 5 aromatic heterocycles. The van der Waals surface area contributed by atoms with Gasteiger partial charge in [0.25, 0.3) is 0 Å². The molecule has 0 atom stereocenters. The Kier molecular flexibility index (Phi) is 5.69. The van der Waals surface area contributed by atoms with E-state index in [1.807, 2.05) is 48.7 Å². The van der Waals surface area contributed by atoms with Crippen molar-refractivity contribution in [3.63, 3.8) is 0 Å². The van der Waals surface area contributed by atoms with Gasteiger partial charge in [-0.15, -0.1) is 0 Å². The van der Waals surface area contributed by atoms with E-state index < -0.39 is 0 Å². The molecule has 0 saturated carbocycles.